The molecule has 0 fully saturated rings. The first-order chi connectivity index (χ1) is 5.07. The molecule has 1 unspecified atom stereocenters. The monoisotopic (exact) mass is 160 g/mol. The molecule has 0 aromatic carbocycles. The van der Waals surface area contributed by atoms with E-state index in [1.165, 1.54) is 0 Å². The summed E-state index contributed by atoms with van der Waals surface area (Å²) < 4.78 is 0. The van der Waals surface area contributed by atoms with E-state index >= 15 is 0 Å². The normalized spacial score (nSPS) is 13.5. The summed E-state index contributed by atoms with van der Waals surface area (Å²) in [5.74, 6) is -1.19. The third-order valence-electron chi connectivity index (χ3n) is 1.56. The Hall–Kier alpha value is -0.610. The van der Waals surface area contributed by atoms with Crippen molar-refractivity contribution < 1.29 is 9.90 Å². The highest BCUT2D eigenvalue weighted by Crippen LogP contribution is 2.00. The van der Waals surface area contributed by atoms with E-state index in [9.17, 15) is 4.79 Å². The predicted octanol–water partition coefficient (Wildman–Crippen LogP) is -0.402. The van der Waals surface area contributed by atoms with Crippen LogP contribution in [0.2, 0.25) is 0 Å². The van der Waals surface area contributed by atoms with Crippen LogP contribution in [0.4, 0.5) is 0 Å². The molecule has 0 saturated heterocycles. The van der Waals surface area contributed by atoms with Crippen LogP contribution in [0.3, 0.4) is 0 Å². The highest BCUT2D eigenvalue weighted by atomic mass is 16.4. The molecule has 0 spiro atoms. The second-order valence-corrected chi connectivity index (χ2v) is 2.86. The van der Waals surface area contributed by atoms with Gasteiger partial charge in [-0.2, -0.15) is 0 Å². The van der Waals surface area contributed by atoms with Crippen molar-refractivity contribution in [3.63, 3.8) is 0 Å². The second-order valence-electron chi connectivity index (χ2n) is 2.86. The van der Waals surface area contributed by atoms with Gasteiger partial charge in [0.05, 0.1) is 5.92 Å². The summed E-state index contributed by atoms with van der Waals surface area (Å²) in [5.41, 5.74) is 5.26. The van der Waals surface area contributed by atoms with Gasteiger partial charge in [-0.15, -0.1) is 0 Å². The molecule has 0 aliphatic rings. The molecule has 4 nitrogen and oxygen atoms in total. The molecule has 0 rings (SSSR count). The Balaban J connectivity index is 3.61. The minimum Gasteiger partial charge on any atom is -0.481 e. The number of carboxylic acids is 1. The van der Waals surface area contributed by atoms with Crippen LogP contribution in [0, 0.1) is 5.92 Å². The predicted molar refractivity (Wildman–Crippen MR) is 43.4 cm³/mol. The van der Waals surface area contributed by atoms with Gasteiger partial charge in [-0.3, -0.25) is 4.79 Å². The van der Waals surface area contributed by atoms with Crippen LogP contribution in [0.15, 0.2) is 0 Å². The maximum atomic E-state index is 10.4. The average Bonchev–Trinajstić information content (AvgIpc) is 1.87. The zero-order valence-corrected chi connectivity index (χ0v) is 7.08. The summed E-state index contributed by atoms with van der Waals surface area (Å²) in [5, 5.41) is 8.59. The van der Waals surface area contributed by atoms with Crippen LogP contribution >= 0.6 is 0 Å². The smallest absolute Gasteiger partial charge is 0.307 e. The summed E-state index contributed by atoms with van der Waals surface area (Å²) in [6.45, 7) is 0.997. The molecule has 0 bridgehead atoms. The Morgan fingerprint density at radius 1 is 1.64 bits per heavy atom. The molecule has 0 amide bonds. The molecule has 0 aliphatic heterocycles. The number of nitrogens with two attached hydrogens (primary N) is 1. The molecule has 0 radical (unpaired) electrons. The fraction of sp³-hybridized carbons (Fsp3) is 0.857. The van der Waals surface area contributed by atoms with Crippen molar-refractivity contribution in [3.8, 4) is 0 Å². The lowest BCUT2D eigenvalue weighted by Gasteiger charge is -2.13. The SMILES string of the molecule is CN(C)CCC(CN)C(=O)O. The number of carboxylic acid groups (broad SMARTS) is 1. The Morgan fingerprint density at radius 3 is 2.45 bits per heavy atom. The Morgan fingerprint density at radius 2 is 2.18 bits per heavy atom. The van der Waals surface area contributed by atoms with Gasteiger partial charge in [0.25, 0.3) is 0 Å². The van der Waals surface area contributed by atoms with Crippen molar-refractivity contribution in [2.75, 3.05) is 27.2 Å². The van der Waals surface area contributed by atoms with Crippen molar-refractivity contribution in [3.05, 3.63) is 0 Å². The summed E-state index contributed by atoms with van der Waals surface area (Å²) in [6.07, 6.45) is 0.624. The zero-order valence-electron chi connectivity index (χ0n) is 7.08. The average molecular weight is 160 g/mol. The van der Waals surface area contributed by atoms with Gasteiger partial charge in [-0.1, -0.05) is 0 Å². The summed E-state index contributed by atoms with van der Waals surface area (Å²) in [6, 6.07) is 0. The molecule has 11 heavy (non-hydrogen) atoms. The third kappa shape index (κ3) is 4.75. The quantitative estimate of drug-likeness (QED) is 0.574. The Bertz CT molecular complexity index is 126. The highest BCUT2D eigenvalue weighted by Gasteiger charge is 2.14. The molecule has 0 aromatic rings. The van der Waals surface area contributed by atoms with Gasteiger partial charge >= 0.3 is 5.97 Å². The van der Waals surface area contributed by atoms with Crippen LogP contribution in [0.1, 0.15) is 6.42 Å². The van der Waals surface area contributed by atoms with Crippen molar-refractivity contribution in [1.29, 1.82) is 0 Å². The second kappa shape index (κ2) is 5.09. The maximum Gasteiger partial charge on any atom is 0.307 e. The lowest BCUT2D eigenvalue weighted by molar-refractivity contribution is -0.141. The lowest BCUT2D eigenvalue weighted by atomic mass is 10.1. The first-order valence-corrected chi connectivity index (χ1v) is 3.65. The van der Waals surface area contributed by atoms with E-state index in [0.29, 0.717) is 6.42 Å². The molecule has 0 heterocycles. The largest absolute Gasteiger partial charge is 0.481 e. The van der Waals surface area contributed by atoms with E-state index in [-0.39, 0.29) is 6.54 Å². The van der Waals surface area contributed by atoms with Crippen LogP contribution < -0.4 is 5.73 Å². The summed E-state index contributed by atoms with van der Waals surface area (Å²) in [7, 11) is 3.82. The minimum atomic E-state index is -0.797. The van der Waals surface area contributed by atoms with E-state index in [2.05, 4.69) is 0 Å². The van der Waals surface area contributed by atoms with E-state index in [1.54, 1.807) is 0 Å². The fourth-order valence-corrected chi connectivity index (χ4v) is 0.756. The van der Waals surface area contributed by atoms with Gasteiger partial charge in [-0.25, -0.2) is 0 Å². The number of hydrogen-bond acceptors (Lipinski definition) is 3. The molecule has 0 saturated carbocycles. The molecule has 1 atom stereocenters. The van der Waals surface area contributed by atoms with Crippen LogP contribution in [0.5, 0.6) is 0 Å². The molecule has 66 valence electrons. The van der Waals surface area contributed by atoms with E-state index in [0.717, 1.165) is 6.54 Å². The molecule has 4 heteroatoms. The Kier molecular flexibility index (Phi) is 4.81. The van der Waals surface area contributed by atoms with Gasteiger partial charge in [0, 0.05) is 6.54 Å². The third-order valence-corrected chi connectivity index (χ3v) is 1.56. The summed E-state index contributed by atoms with van der Waals surface area (Å²) >= 11 is 0. The lowest BCUT2D eigenvalue weighted by Crippen LogP contribution is -2.27. The number of nitrogens with zero attached hydrogens (tertiary/aromatic N) is 1. The number of hydrogen-bond donors (Lipinski definition) is 2. The van der Waals surface area contributed by atoms with Gasteiger partial charge in [0.15, 0.2) is 0 Å². The molecule has 0 aliphatic carbocycles. The number of carbonyl (C=O) groups is 1. The summed E-state index contributed by atoms with van der Waals surface area (Å²) in [4.78, 5) is 12.4. The molecule has 3 N–H and O–H groups in total. The number of rotatable bonds is 5. The van der Waals surface area contributed by atoms with Gasteiger partial charge in [-0.05, 0) is 27.1 Å². The first kappa shape index (κ1) is 10.4. The molecular formula is C7H16N2O2. The molecular weight excluding hydrogens is 144 g/mol. The minimum absolute atomic E-state index is 0.225. The number of aliphatic carboxylic acids is 1. The van der Waals surface area contributed by atoms with E-state index in [4.69, 9.17) is 10.8 Å². The fourth-order valence-electron chi connectivity index (χ4n) is 0.756. The van der Waals surface area contributed by atoms with E-state index < -0.39 is 11.9 Å². The zero-order chi connectivity index (χ0) is 8.85. The van der Waals surface area contributed by atoms with Gasteiger partial charge in [0.1, 0.15) is 0 Å². The van der Waals surface area contributed by atoms with Crippen molar-refractivity contribution in [2.45, 2.75) is 6.42 Å². The van der Waals surface area contributed by atoms with E-state index in [1.807, 2.05) is 19.0 Å². The standard InChI is InChI=1S/C7H16N2O2/c1-9(2)4-3-6(5-8)7(10)11/h6H,3-5,8H2,1-2H3,(H,10,11). The Labute approximate surface area is 67.0 Å². The van der Waals surface area contributed by atoms with Gasteiger partial charge < -0.3 is 15.7 Å². The van der Waals surface area contributed by atoms with Crippen LogP contribution in [-0.4, -0.2) is 43.2 Å². The highest BCUT2D eigenvalue weighted by molar-refractivity contribution is 5.70. The van der Waals surface area contributed by atoms with Crippen LogP contribution in [-0.2, 0) is 4.79 Å². The van der Waals surface area contributed by atoms with Gasteiger partial charge in [0.2, 0.25) is 0 Å². The molecule has 0 aromatic heterocycles. The topological polar surface area (TPSA) is 66.6 Å². The first-order valence-electron chi connectivity index (χ1n) is 3.65. The van der Waals surface area contributed by atoms with Crippen molar-refractivity contribution in [1.82, 2.24) is 4.90 Å². The van der Waals surface area contributed by atoms with Crippen molar-refractivity contribution in [2.24, 2.45) is 11.7 Å². The van der Waals surface area contributed by atoms with Crippen molar-refractivity contribution >= 4 is 5.97 Å². The maximum absolute atomic E-state index is 10.4. The van der Waals surface area contributed by atoms with Crippen LogP contribution in [0.25, 0.3) is 0 Å².